The van der Waals surface area contributed by atoms with Gasteiger partial charge in [0.1, 0.15) is 0 Å². The average Bonchev–Trinajstić information content (AvgIpc) is 2.81. The lowest BCUT2D eigenvalue weighted by Gasteiger charge is -2.08. The van der Waals surface area contributed by atoms with Gasteiger partial charge in [0.05, 0.1) is 0 Å². The first-order valence-electron chi connectivity index (χ1n) is 6.42. The standard InChI is InChI=1S/C14H17BrN4O/c1-3-4-10-7-13(19-18-10)17-14(20)11-5-9(15)6-12(16)8(11)2/h5-7H,3-4,16H2,1-2H3,(H2,17,18,19,20). The largest absolute Gasteiger partial charge is 0.398 e. The highest BCUT2D eigenvalue weighted by atomic mass is 79.9. The van der Waals surface area contributed by atoms with Gasteiger partial charge >= 0.3 is 0 Å². The second kappa shape index (κ2) is 6.09. The SMILES string of the molecule is CCCc1cc(NC(=O)c2cc(Br)cc(N)c2C)n[nH]1. The number of hydrogen-bond acceptors (Lipinski definition) is 3. The average molecular weight is 337 g/mol. The Labute approximate surface area is 126 Å². The first kappa shape index (κ1) is 14.6. The fraction of sp³-hybridized carbons (Fsp3) is 0.286. The van der Waals surface area contributed by atoms with Gasteiger partial charge in [-0.2, -0.15) is 5.10 Å². The fourth-order valence-corrected chi connectivity index (χ4v) is 2.42. The van der Waals surface area contributed by atoms with Crippen LogP contribution in [0.4, 0.5) is 11.5 Å². The smallest absolute Gasteiger partial charge is 0.257 e. The van der Waals surface area contributed by atoms with E-state index >= 15 is 0 Å². The lowest BCUT2D eigenvalue weighted by molar-refractivity contribution is 0.102. The normalized spacial score (nSPS) is 10.6. The Balaban J connectivity index is 2.19. The van der Waals surface area contributed by atoms with Crippen molar-refractivity contribution in [3.63, 3.8) is 0 Å². The predicted molar refractivity (Wildman–Crippen MR) is 83.8 cm³/mol. The molecule has 0 saturated heterocycles. The number of aryl methyl sites for hydroxylation is 1. The summed E-state index contributed by atoms with van der Waals surface area (Å²) in [6, 6.07) is 5.37. The van der Waals surface area contributed by atoms with E-state index in [1.807, 2.05) is 13.0 Å². The fourth-order valence-electron chi connectivity index (χ4n) is 1.94. The van der Waals surface area contributed by atoms with E-state index in [9.17, 15) is 4.79 Å². The number of hydrogen-bond donors (Lipinski definition) is 3. The number of H-pyrrole nitrogens is 1. The molecule has 0 bridgehead atoms. The second-order valence-corrected chi connectivity index (χ2v) is 5.57. The molecule has 106 valence electrons. The predicted octanol–water partition coefficient (Wildman–Crippen LogP) is 3.27. The van der Waals surface area contributed by atoms with E-state index in [1.54, 1.807) is 12.1 Å². The molecule has 2 aromatic rings. The molecule has 0 aliphatic carbocycles. The van der Waals surface area contributed by atoms with Gasteiger partial charge in [-0.1, -0.05) is 29.3 Å². The summed E-state index contributed by atoms with van der Waals surface area (Å²) in [5, 5.41) is 9.75. The van der Waals surface area contributed by atoms with Crippen LogP contribution in [0.2, 0.25) is 0 Å². The Hall–Kier alpha value is -1.82. The Bertz CT molecular complexity index is 636. The van der Waals surface area contributed by atoms with Crippen LogP contribution in [0.15, 0.2) is 22.7 Å². The highest BCUT2D eigenvalue weighted by Crippen LogP contribution is 2.23. The van der Waals surface area contributed by atoms with Gasteiger partial charge in [-0.15, -0.1) is 0 Å². The topological polar surface area (TPSA) is 83.8 Å². The highest BCUT2D eigenvalue weighted by molar-refractivity contribution is 9.10. The number of halogens is 1. The van der Waals surface area contributed by atoms with E-state index in [4.69, 9.17) is 5.73 Å². The van der Waals surface area contributed by atoms with Gasteiger partial charge in [-0.3, -0.25) is 9.89 Å². The van der Waals surface area contributed by atoms with Gasteiger partial charge in [-0.05, 0) is 31.0 Å². The van der Waals surface area contributed by atoms with E-state index in [-0.39, 0.29) is 5.91 Å². The first-order chi connectivity index (χ1) is 9.51. The summed E-state index contributed by atoms with van der Waals surface area (Å²) in [4.78, 5) is 12.3. The molecule has 5 nitrogen and oxygen atoms in total. The van der Waals surface area contributed by atoms with Crippen molar-refractivity contribution in [3.05, 3.63) is 39.5 Å². The maximum absolute atomic E-state index is 12.3. The second-order valence-electron chi connectivity index (χ2n) is 4.65. The molecule has 1 heterocycles. The monoisotopic (exact) mass is 336 g/mol. The Morgan fingerprint density at radius 3 is 2.90 bits per heavy atom. The molecule has 1 aromatic carbocycles. The number of aromatic amines is 1. The van der Waals surface area contributed by atoms with E-state index in [0.717, 1.165) is 28.6 Å². The minimum Gasteiger partial charge on any atom is -0.398 e. The highest BCUT2D eigenvalue weighted by Gasteiger charge is 2.13. The lowest BCUT2D eigenvalue weighted by atomic mass is 10.1. The maximum Gasteiger partial charge on any atom is 0.257 e. The molecule has 0 atom stereocenters. The number of amides is 1. The van der Waals surface area contributed by atoms with Crippen molar-refractivity contribution < 1.29 is 4.79 Å². The van der Waals surface area contributed by atoms with Crippen LogP contribution in [0.1, 0.15) is 35.0 Å². The number of carbonyl (C=O) groups is 1. The van der Waals surface area contributed by atoms with Crippen molar-refractivity contribution in [3.8, 4) is 0 Å². The van der Waals surface area contributed by atoms with Gasteiger partial charge in [0.15, 0.2) is 5.82 Å². The summed E-state index contributed by atoms with van der Waals surface area (Å²) in [6.45, 7) is 3.91. The first-order valence-corrected chi connectivity index (χ1v) is 7.21. The number of rotatable bonds is 4. The van der Waals surface area contributed by atoms with Crippen molar-refractivity contribution in [1.82, 2.24) is 10.2 Å². The number of nitrogens with two attached hydrogens (primary N) is 1. The molecule has 2 rings (SSSR count). The zero-order valence-corrected chi connectivity index (χ0v) is 13.0. The van der Waals surface area contributed by atoms with E-state index in [2.05, 4.69) is 38.4 Å². The Morgan fingerprint density at radius 1 is 1.45 bits per heavy atom. The molecule has 1 aromatic heterocycles. The molecule has 6 heteroatoms. The van der Waals surface area contributed by atoms with Gasteiger partial charge in [0, 0.05) is 27.5 Å². The van der Waals surface area contributed by atoms with Crippen LogP contribution < -0.4 is 11.1 Å². The van der Waals surface area contributed by atoms with Crippen molar-refractivity contribution in [2.45, 2.75) is 26.7 Å². The van der Waals surface area contributed by atoms with Gasteiger partial charge < -0.3 is 11.1 Å². The van der Waals surface area contributed by atoms with Gasteiger partial charge in [0.2, 0.25) is 0 Å². The molecule has 0 radical (unpaired) electrons. The molecule has 20 heavy (non-hydrogen) atoms. The molecule has 0 unspecified atom stereocenters. The van der Waals surface area contributed by atoms with Gasteiger partial charge in [0.25, 0.3) is 5.91 Å². The summed E-state index contributed by atoms with van der Waals surface area (Å²) in [6.07, 6.45) is 1.93. The number of carbonyl (C=O) groups excluding carboxylic acids is 1. The molecule has 0 fully saturated rings. The van der Waals surface area contributed by atoms with Crippen LogP contribution in [0, 0.1) is 6.92 Å². The minimum atomic E-state index is -0.218. The third kappa shape index (κ3) is 3.19. The van der Waals surface area contributed by atoms with Gasteiger partial charge in [-0.25, -0.2) is 0 Å². The van der Waals surface area contributed by atoms with E-state index in [0.29, 0.717) is 17.1 Å². The summed E-state index contributed by atoms with van der Waals surface area (Å²) >= 11 is 3.34. The number of anilines is 2. The van der Waals surface area contributed by atoms with Crippen molar-refractivity contribution in [2.24, 2.45) is 0 Å². The molecular weight excluding hydrogens is 320 g/mol. The van der Waals surface area contributed by atoms with Crippen LogP contribution in [-0.4, -0.2) is 16.1 Å². The zero-order chi connectivity index (χ0) is 14.7. The molecule has 4 N–H and O–H groups in total. The van der Waals surface area contributed by atoms with Crippen molar-refractivity contribution in [1.29, 1.82) is 0 Å². The summed E-state index contributed by atoms with van der Waals surface area (Å²) < 4.78 is 0.777. The third-order valence-corrected chi connectivity index (χ3v) is 3.51. The summed E-state index contributed by atoms with van der Waals surface area (Å²) in [5.41, 5.74) is 8.75. The van der Waals surface area contributed by atoms with Crippen LogP contribution in [0.5, 0.6) is 0 Å². The molecule has 0 saturated carbocycles. The van der Waals surface area contributed by atoms with Crippen LogP contribution in [-0.2, 0) is 6.42 Å². The number of benzene rings is 1. The molecule has 0 spiro atoms. The number of aromatic nitrogens is 2. The quantitative estimate of drug-likeness (QED) is 0.749. The van der Waals surface area contributed by atoms with Crippen LogP contribution in [0.25, 0.3) is 0 Å². The van der Waals surface area contributed by atoms with E-state index in [1.165, 1.54) is 0 Å². The number of nitrogens with one attached hydrogen (secondary N) is 2. The Kier molecular flexibility index (Phi) is 4.44. The summed E-state index contributed by atoms with van der Waals surface area (Å²) in [5.74, 6) is 0.307. The summed E-state index contributed by atoms with van der Waals surface area (Å²) in [7, 11) is 0. The van der Waals surface area contributed by atoms with Crippen molar-refractivity contribution in [2.75, 3.05) is 11.1 Å². The Morgan fingerprint density at radius 2 is 2.20 bits per heavy atom. The lowest BCUT2D eigenvalue weighted by Crippen LogP contribution is -2.14. The molecule has 0 aliphatic rings. The number of nitrogens with zero attached hydrogens (tertiary/aromatic N) is 1. The van der Waals surface area contributed by atoms with E-state index < -0.39 is 0 Å². The molecular formula is C14H17BrN4O. The van der Waals surface area contributed by atoms with Crippen LogP contribution >= 0.6 is 15.9 Å². The van der Waals surface area contributed by atoms with Crippen LogP contribution in [0.3, 0.4) is 0 Å². The maximum atomic E-state index is 12.3. The molecule has 1 amide bonds. The van der Waals surface area contributed by atoms with Crippen molar-refractivity contribution >= 4 is 33.3 Å². The number of nitrogen functional groups attached to an aromatic ring is 1. The minimum absolute atomic E-state index is 0.218. The zero-order valence-electron chi connectivity index (χ0n) is 11.5. The molecule has 0 aliphatic heterocycles. The third-order valence-electron chi connectivity index (χ3n) is 3.05.